The molecule has 0 radical (unpaired) electrons. The molecule has 26 heavy (non-hydrogen) atoms. The Hall–Kier alpha value is -3.72. The molecule has 1 aromatic heterocycles. The molecule has 0 atom stereocenters. The number of furan rings is 1. The van der Waals surface area contributed by atoms with Gasteiger partial charge in [-0.15, -0.1) is 0 Å². The summed E-state index contributed by atoms with van der Waals surface area (Å²) in [4.78, 5) is 10.6. The lowest BCUT2D eigenvalue weighted by molar-refractivity contribution is -0.385. The van der Waals surface area contributed by atoms with Crippen LogP contribution in [0, 0.1) is 34.2 Å². The van der Waals surface area contributed by atoms with Crippen molar-refractivity contribution < 1.29 is 13.7 Å². The van der Waals surface area contributed by atoms with Crippen molar-refractivity contribution in [3.05, 3.63) is 87.4 Å². The maximum atomic E-state index is 13.9. The number of benzene rings is 2. The van der Waals surface area contributed by atoms with Gasteiger partial charge in [-0.25, -0.2) is 4.39 Å². The topological polar surface area (TPSA) is 80.1 Å². The molecular formula is C20H13FN2O3. The van der Waals surface area contributed by atoms with E-state index in [1.54, 1.807) is 43.3 Å². The molecule has 0 saturated heterocycles. The maximum Gasteiger partial charge on any atom is 0.273 e. The molecule has 0 aliphatic carbocycles. The van der Waals surface area contributed by atoms with Crippen LogP contribution >= 0.6 is 0 Å². The largest absolute Gasteiger partial charge is 0.457 e. The molecule has 6 heteroatoms. The quantitative estimate of drug-likeness (QED) is 0.361. The van der Waals surface area contributed by atoms with E-state index in [1.807, 2.05) is 6.07 Å². The Kier molecular flexibility index (Phi) is 4.63. The molecular weight excluding hydrogens is 335 g/mol. The number of hydrogen-bond acceptors (Lipinski definition) is 4. The Labute approximate surface area is 148 Å². The van der Waals surface area contributed by atoms with Crippen molar-refractivity contribution in [1.82, 2.24) is 0 Å². The normalized spacial score (nSPS) is 11.2. The van der Waals surface area contributed by atoms with Gasteiger partial charge in [0.15, 0.2) is 0 Å². The lowest BCUT2D eigenvalue weighted by atomic mass is 10.1. The van der Waals surface area contributed by atoms with Crippen LogP contribution in [0.1, 0.15) is 16.9 Å². The van der Waals surface area contributed by atoms with E-state index < -0.39 is 10.7 Å². The van der Waals surface area contributed by atoms with Gasteiger partial charge in [-0.2, -0.15) is 5.26 Å². The summed E-state index contributed by atoms with van der Waals surface area (Å²) in [5, 5.41) is 20.4. The van der Waals surface area contributed by atoms with Gasteiger partial charge in [-0.05, 0) is 31.2 Å². The number of aryl methyl sites for hydroxylation is 1. The van der Waals surface area contributed by atoms with Crippen LogP contribution in [-0.4, -0.2) is 4.92 Å². The number of hydrogen-bond donors (Lipinski definition) is 0. The summed E-state index contributed by atoms with van der Waals surface area (Å²) in [5.74, 6) is 0.273. The van der Waals surface area contributed by atoms with Gasteiger partial charge < -0.3 is 4.42 Å². The second kappa shape index (κ2) is 7.03. The van der Waals surface area contributed by atoms with E-state index in [1.165, 1.54) is 24.3 Å². The van der Waals surface area contributed by atoms with E-state index in [0.717, 1.165) is 0 Å². The van der Waals surface area contributed by atoms with Gasteiger partial charge in [-0.1, -0.05) is 30.3 Å². The van der Waals surface area contributed by atoms with Crippen LogP contribution in [0.2, 0.25) is 0 Å². The summed E-state index contributed by atoms with van der Waals surface area (Å²) in [6, 6.07) is 16.0. The Morgan fingerprint density at radius 2 is 2.00 bits per heavy atom. The van der Waals surface area contributed by atoms with Gasteiger partial charge >= 0.3 is 0 Å². The molecule has 3 aromatic rings. The van der Waals surface area contributed by atoms with Crippen molar-refractivity contribution in [2.45, 2.75) is 6.92 Å². The molecule has 0 aliphatic heterocycles. The third kappa shape index (κ3) is 3.37. The molecule has 5 nitrogen and oxygen atoms in total. The molecule has 0 aliphatic rings. The van der Waals surface area contributed by atoms with Crippen LogP contribution < -0.4 is 0 Å². The third-order valence-corrected chi connectivity index (χ3v) is 3.89. The minimum atomic E-state index is -0.499. The minimum Gasteiger partial charge on any atom is -0.457 e. The zero-order valence-corrected chi connectivity index (χ0v) is 13.8. The predicted octanol–water partition coefficient (Wildman–Crippen LogP) is 5.37. The maximum absolute atomic E-state index is 13.9. The standard InChI is InChI=1S/C20H13FN2O3/c1-13-6-7-14(11-19(13)23(24)25)20-9-8-16(26-20)10-15(12-22)17-4-2-3-5-18(17)21/h2-11H,1H3. The van der Waals surface area contributed by atoms with Crippen molar-refractivity contribution in [2.75, 3.05) is 0 Å². The van der Waals surface area contributed by atoms with Crippen LogP contribution in [0.25, 0.3) is 23.0 Å². The molecule has 0 amide bonds. The number of nitriles is 1. The highest BCUT2D eigenvalue weighted by molar-refractivity contribution is 5.89. The van der Waals surface area contributed by atoms with E-state index in [-0.39, 0.29) is 16.8 Å². The highest BCUT2D eigenvalue weighted by Crippen LogP contribution is 2.29. The summed E-state index contributed by atoms with van der Waals surface area (Å²) in [6.45, 7) is 1.66. The average molecular weight is 348 g/mol. The van der Waals surface area contributed by atoms with E-state index in [4.69, 9.17) is 4.42 Å². The monoisotopic (exact) mass is 348 g/mol. The zero-order valence-electron chi connectivity index (χ0n) is 13.8. The lowest BCUT2D eigenvalue weighted by Crippen LogP contribution is -1.91. The second-order valence-corrected chi connectivity index (χ2v) is 5.61. The number of rotatable bonds is 4. The van der Waals surface area contributed by atoms with Gasteiger partial charge in [-0.3, -0.25) is 10.1 Å². The molecule has 0 bridgehead atoms. The first-order valence-corrected chi connectivity index (χ1v) is 7.71. The molecule has 3 rings (SSSR count). The number of nitrogens with zero attached hydrogens (tertiary/aromatic N) is 2. The number of halogens is 1. The smallest absolute Gasteiger partial charge is 0.273 e. The van der Waals surface area contributed by atoms with E-state index in [0.29, 0.717) is 22.6 Å². The SMILES string of the molecule is Cc1ccc(-c2ccc(C=C(C#N)c3ccccc3F)o2)cc1[N+](=O)[O-]. The fraction of sp³-hybridized carbons (Fsp3) is 0.0500. The molecule has 0 saturated carbocycles. The van der Waals surface area contributed by atoms with Crippen LogP contribution in [0.3, 0.4) is 0 Å². The number of nitro groups is 1. The highest BCUT2D eigenvalue weighted by atomic mass is 19.1. The first kappa shape index (κ1) is 17.1. The number of allylic oxidation sites excluding steroid dienone is 1. The predicted molar refractivity (Wildman–Crippen MR) is 95.4 cm³/mol. The van der Waals surface area contributed by atoms with Gasteiger partial charge in [0.2, 0.25) is 0 Å². The molecule has 2 aromatic carbocycles. The second-order valence-electron chi connectivity index (χ2n) is 5.61. The summed E-state index contributed by atoms with van der Waals surface area (Å²) in [5.41, 5.74) is 1.40. The summed E-state index contributed by atoms with van der Waals surface area (Å²) in [6.07, 6.45) is 1.44. The fourth-order valence-corrected chi connectivity index (χ4v) is 2.54. The third-order valence-electron chi connectivity index (χ3n) is 3.89. The van der Waals surface area contributed by atoms with Gasteiger partial charge in [0.1, 0.15) is 17.3 Å². The molecule has 128 valence electrons. The first-order valence-electron chi connectivity index (χ1n) is 7.71. The Morgan fingerprint density at radius 3 is 2.69 bits per heavy atom. The summed E-state index contributed by atoms with van der Waals surface area (Å²) >= 11 is 0. The summed E-state index contributed by atoms with van der Waals surface area (Å²) in [7, 11) is 0. The number of nitro benzene ring substituents is 1. The van der Waals surface area contributed by atoms with Crippen molar-refractivity contribution in [1.29, 1.82) is 5.26 Å². The average Bonchev–Trinajstić information content (AvgIpc) is 3.09. The molecule has 0 unspecified atom stereocenters. The molecule has 1 heterocycles. The van der Waals surface area contributed by atoms with Crippen LogP contribution in [0.15, 0.2) is 59.0 Å². The van der Waals surface area contributed by atoms with Crippen LogP contribution in [-0.2, 0) is 0 Å². The lowest BCUT2D eigenvalue weighted by Gasteiger charge is -2.01. The summed E-state index contributed by atoms with van der Waals surface area (Å²) < 4.78 is 19.5. The van der Waals surface area contributed by atoms with Gasteiger partial charge in [0, 0.05) is 22.8 Å². The fourth-order valence-electron chi connectivity index (χ4n) is 2.54. The highest BCUT2D eigenvalue weighted by Gasteiger charge is 2.14. The van der Waals surface area contributed by atoms with Crippen molar-refractivity contribution in [3.63, 3.8) is 0 Å². The van der Waals surface area contributed by atoms with Crippen LogP contribution in [0.4, 0.5) is 10.1 Å². The molecule has 0 fully saturated rings. The van der Waals surface area contributed by atoms with E-state index >= 15 is 0 Å². The zero-order chi connectivity index (χ0) is 18.7. The van der Waals surface area contributed by atoms with Gasteiger partial charge in [0.25, 0.3) is 5.69 Å². The van der Waals surface area contributed by atoms with E-state index in [9.17, 15) is 19.8 Å². The van der Waals surface area contributed by atoms with Gasteiger partial charge in [0.05, 0.1) is 16.6 Å². The van der Waals surface area contributed by atoms with Crippen molar-refractivity contribution >= 4 is 17.3 Å². The first-order chi connectivity index (χ1) is 12.5. The molecule has 0 spiro atoms. The van der Waals surface area contributed by atoms with Crippen molar-refractivity contribution in [2.24, 2.45) is 0 Å². The van der Waals surface area contributed by atoms with Crippen LogP contribution in [0.5, 0.6) is 0 Å². The van der Waals surface area contributed by atoms with Crippen molar-refractivity contribution in [3.8, 4) is 17.4 Å². The molecule has 0 N–H and O–H groups in total. The Morgan fingerprint density at radius 1 is 1.23 bits per heavy atom. The van der Waals surface area contributed by atoms with E-state index in [2.05, 4.69) is 0 Å². The Bertz CT molecular complexity index is 1060. The minimum absolute atomic E-state index is 0.0000580. The Balaban J connectivity index is 1.98.